The lowest BCUT2D eigenvalue weighted by Crippen LogP contribution is -2.47. The van der Waals surface area contributed by atoms with Crippen molar-refractivity contribution < 1.29 is 9.50 Å². The Morgan fingerprint density at radius 2 is 1.91 bits per heavy atom. The molecule has 2 heterocycles. The molecule has 1 saturated heterocycles. The summed E-state index contributed by atoms with van der Waals surface area (Å²) < 4.78 is 13.7. The van der Waals surface area contributed by atoms with E-state index in [4.69, 9.17) is 0 Å². The number of anilines is 1. The lowest BCUT2D eigenvalue weighted by Gasteiger charge is -2.36. The highest BCUT2D eigenvalue weighted by Gasteiger charge is 2.21. The normalized spacial score (nSPS) is 17.5. The number of hydrogen-bond acceptors (Lipinski definition) is 5. The number of hydrogen-bond donors (Lipinski definition) is 1. The molecule has 3 rings (SSSR count). The molecule has 116 valence electrons. The maximum absolute atomic E-state index is 13.7. The molecule has 0 amide bonds. The maximum Gasteiger partial charge on any atom is 0.147 e. The molecule has 1 N–H and O–H groups in total. The molecule has 0 spiro atoms. The monoisotopic (exact) mass is 302 g/mol. The van der Waals surface area contributed by atoms with E-state index in [0.29, 0.717) is 12.1 Å². The van der Waals surface area contributed by atoms with E-state index in [0.717, 1.165) is 32.0 Å². The van der Waals surface area contributed by atoms with Gasteiger partial charge in [-0.3, -0.25) is 9.88 Å². The number of halogens is 1. The summed E-state index contributed by atoms with van der Waals surface area (Å²) in [7, 11) is 0. The fourth-order valence-electron chi connectivity index (χ4n) is 2.70. The summed E-state index contributed by atoms with van der Waals surface area (Å²) in [6.07, 6.45) is 4.29. The zero-order chi connectivity index (χ0) is 15.4. The molecular weight excluding hydrogens is 283 g/mol. The van der Waals surface area contributed by atoms with Crippen molar-refractivity contribution in [3.63, 3.8) is 0 Å². The Bertz CT molecular complexity index is 602. The van der Waals surface area contributed by atoms with Gasteiger partial charge in [-0.2, -0.15) is 0 Å². The van der Waals surface area contributed by atoms with E-state index in [-0.39, 0.29) is 5.82 Å². The summed E-state index contributed by atoms with van der Waals surface area (Å²) >= 11 is 0. The number of aliphatic hydroxyl groups is 1. The number of β-amino-alcohol motifs (C(OH)–C–C–N with tert-alkyl or cyclic N) is 1. The Morgan fingerprint density at radius 1 is 1.14 bits per heavy atom. The smallest absolute Gasteiger partial charge is 0.147 e. The van der Waals surface area contributed by atoms with Gasteiger partial charge in [0.2, 0.25) is 0 Å². The number of benzene rings is 1. The first kappa shape index (κ1) is 14.9. The van der Waals surface area contributed by atoms with Crippen LogP contribution >= 0.6 is 0 Å². The summed E-state index contributed by atoms with van der Waals surface area (Å²) in [5, 5.41) is 10.2. The average molecular weight is 302 g/mol. The zero-order valence-electron chi connectivity index (χ0n) is 12.3. The van der Waals surface area contributed by atoms with Gasteiger partial charge < -0.3 is 10.0 Å². The maximum atomic E-state index is 13.7. The summed E-state index contributed by atoms with van der Waals surface area (Å²) in [6.45, 7) is 3.70. The molecule has 2 aromatic rings. The highest BCUT2D eigenvalue weighted by molar-refractivity contribution is 5.35. The minimum absolute atomic E-state index is 0.354. The Morgan fingerprint density at radius 3 is 2.59 bits per heavy atom. The molecule has 6 heteroatoms. The second-order valence-corrected chi connectivity index (χ2v) is 5.39. The van der Waals surface area contributed by atoms with Crippen LogP contribution < -0.4 is 4.90 Å². The molecule has 22 heavy (non-hydrogen) atoms. The summed E-state index contributed by atoms with van der Waals surface area (Å²) in [6, 6.07) is 6.39. The first-order valence-electron chi connectivity index (χ1n) is 7.40. The van der Waals surface area contributed by atoms with E-state index in [1.165, 1.54) is 6.07 Å². The number of rotatable bonds is 4. The van der Waals surface area contributed by atoms with Crippen molar-refractivity contribution in [2.45, 2.75) is 6.10 Å². The van der Waals surface area contributed by atoms with Crippen LogP contribution in [0.5, 0.6) is 0 Å². The van der Waals surface area contributed by atoms with Crippen LogP contribution in [0.1, 0.15) is 11.7 Å². The van der Waals surface area contributed by atoms with Crippen molar-refractivity contribution in [2.75, 3.05) is 37.6 Å². The van der Waals surface area contributed by atoms with Crippen LogP contribution in [0.15, 0.2) is 42.9 Å². The molecule has 5 nitrogen and oxygen atoms in total. The van der Waals surface area contributed by atoms with Gasteiger partial charge in [-0.15, -0.1) is 0 Å². The van der Waals surface area contributed by atoms with Gasteiger partial charge >= 0.3 is 0 Å². The standard InChI is InChI=1S/C16H19FN4O/c17-14-4-2-1-3-13(14)15(22)12-20-7-9-21(10-8-20)16-11-18-5-6-19-16/h1-6,11,15,22H,7-10,12H2. The summed E-state index contributed by atoms with van der Waals surface area (Å²) in [4.78, 5) is 12.7. The molecule has 0 bridgehead atoms. The van der Waals surface area contributed by atoms with Crippen molar-refractivity contribution in [3.05, 3.63) is 54.2 Å². The van der Waals surface area contributed by atoms with Crippen molar-refractivity contribution in [2.24, 2.45) is 0 Å². The van der Waals surface area contributed by atoms with E-state index >= 15 is 0 Å². The number of aromatic nitrogens is 2. The van der Waals surface area contributed by atoms with Crippen LogP contribution in [0, 0.1) is 5.82 Å². The fourth-order valence-corrected chi connectivity index (χ4v) is 2.70. The van der Waals surface area contributed by atoms with Crippen LogP contribution in [0.3, 0.4) is 0 Å². The Kier molecular flexibility index (Phi) is 4.60. The van der Waals surface area contributed by atoms with Crippen LogP contribution in [0.2, 0.25) is 0 Å². The van der Waals surface area contributed by atoms with Crippen molar-refractivity contribution in [3.8, 4) is 0 Å². The molecule has 0 saturated carbocycles. The first-order chi connectivity index (χ1) is 10.7. The van der Waals surface area contributed by atoms with Crippen LogP contribution in [0.25, 0.3) is 0 Å². The second kappa shape index (κ2) is 6.81. The van der Waals surface area contributed by atoms with E-state index in [1.54, 1.807) is 36.8 Å². The van der Waals surface area contributed by atoms with E-state index in [1.807, 2.05) is 0 Å². The molecule has 1 atom stereocenters. The third-order valence-corrected chi connectivity index (χ3v) is 3.94. The van der Waals surface area contributed by atoms with E-state index in [2.05, 4.69) is 19.8 Å². The van der Waals surface area contributed by atoms with Crippen molar-refractivity contribution in [1.29, 1.82) is 0 Å². The molecule has 1 aromatic heterocycles. The predicted molar refractivity (Wildman–Crippen MR) is 82.0 cm³/mol. The van der Waals surface area contributed by atoms with Gasteiger partial charge in [0, 0.05) is 50.7 Å². The summed E-state index contributed by atoms with van der Waals surface area (Å²) in [5.74, 6) is 0.519. The van der Waals surface area contributed by atoms with Gasteiger partial charge in [-0.05, 0) is 6.07 Å². The number of nitrogens with zero attached hydrogens (tertiary/aromatic N) is 4. The zero-order valence-corrected chi connectivity index (χ0v) is 12.3. The minimum atomic E-state index is -0.802. The number of piperazine rings is 1. The topological polar surface area (TPSA) is 52.5 Å². The largest absolute Gasteiger partial charge is 0.387 e. The third kappa shape index (κ3) is 3.40. The first-order valence-corrected chi connectivity index (χ1v) is 7.40. The van der Waals surface area contributed by atoms with Gasteiger partial charge in [0.1, 0.15) is 11.6 Å². The highest BCUT2D eigenvalue weighted by atomic mass is 19.1. The van der Waals surface area contributed by atoms with Crippen LogP contribution in [-0.4, -0.2) is 52.7 Å². The third-order valence-electron chi connectivity index (χ3n) is 3.94. The van der Waals surface area contributed by atoms with Crippen molar-refractivity contribution in [1.82, 2.24) is 14.9 Å². The molecule has 0 radical (unpaired) electrons. The molecule has 1 fully saturated rings. The number of aliphatic hydroxyl groups excluding tert-OH is 1. The molecule has 1 aliphatic rings. The van der Waals surface area contributed by atoms with Crippen LogP contribution in [-0.2, 0) is 0 Å². The fraction of sp³-hybridized carbons (Fsp3) is 0.375. The SMILES string of the molecule is OC(CN1CCN(c2cnccn2)CC1)c1ccccc1F. The van der Waals surface area contributed by atoms with Gasteiger partial charge in [-0.25, -0.2) is 9.37 Å². The van der Waals surface area contributed by atoms with Crippen molar-refractivity contribution >= 4 is 5.82 Å². The summed E-state index contributed by atoms with van der Waals surface area (Å²) in [5.41, 5.74) is 0.360. The predicted octanol–water partition coefficient (Wildman–Crippen LogP) is 1.47. The van der Waals surface area contributed by atoms with Gasteiger partial charge in [0.15, 0.2) is 0 Å². The lowest BCUT2D eigenvalue weighted by atomic mass is 10.1. The Balaban J connectivity index is 1.55. The Hall–Kier alpha value is -2.05. The minimum Gasteiger partial charge on any atom is -0.387 e. The average Bonchev–Trinajstić information content (AvgIpc) is 2.57. The van der Waals surface area contributed by atoms with Crippen LogP contribution in [0.4, 0.5) is 10.2 Å². The molecule has 1 aromatic carbocycles. The quantitative estimate of drug-likeness (QED) is 0.927. The van der Waals surface area contributed by atoms with E-state index < -0.39 is 6.10 Å². The molecule has 1 aliphatic heterocycles. The molecular formula is C16H19FN4O. The highest BCUT2D eigenvalue weighted by Crippen LogP contribution is 2.19. The lowest BCUT2D eigenvalue weighted by molar-refractivity contribution is 0.106. The molecule has 1 unspecified atom stereocenters. The Labute approximate surface area is 129 Å². The van der Waals surface area contributed by atoms with Gasteiger partial charge in [0.25, 0.3) is 0 Å². The van der Waals surface area contributed by atoms with Gasteiger partial charge in [-0.1, -0.05) is 18.2 Å². The van der Waals surface area contributed by atoms with Gasteiger partial charge in [0.05, 0.1) is 12.3 Å². The molecule has 0 aliphatic carbocycles. The second-order valence-electron chi connectivity index (χ2n) is 5.39. The van der Waals surface area contributed by atoms with E-state index in [9.17, 15) is 9.50 Å².